The second-order valence-corrected chi connectivity index (χ2v) is 11.0. The van der Waals surface area contributed by atoms with Crippen molar-refractivity contribution in [3.05, 3.63) is 70.2 Å². The van der Waals surface area contributed by atoms with Crippen LogP contribution in [0.25, 0.3) is 26.3 Å². The number of fused-ring (bicyclic) bond motifs is 1. The van der Waals surface area contributed by atoms with E-state index in [4.69, 9.17) is 30.5 Å². The number of halogens is 1. The first kappa shape index (κ1) is 29.4. The number of hydrogen-bond donors (Lipinski definition) is 4. The van der Waals surface area contributed by atoms with Crippen LogP contribution in [-0.4, -0.2) is 87.1 Å². The molecule has 41 heavy (non-hydrogen) atoms. The van der Waals surface area contributed by atoms with Gasteiger partial charge in [0.05, 0.1) is 31.0 Å². The van der Waals surface area contributed by atoms with E-state index in [0.29, 0.717) is 32.4 Å². The van der Waals surface area contributed by atoms with Crippen molar-refractivity contribution in [2.75, 3.05) is 20.3 Å². The molecule has 0 amide bonds. The van der Waals surface area contributed by atoms with Crippen LogP contribution in [0.5, 0.6) is 11.5 Å². The average Bonchev–Trinajstić information content (AvgIpc) is 3.42. The maximum Gasteiger partial charge on any atom is 0.275 e. The Morgan fingerprint density at radius 2 is 1.83 bits per heavy atom. The van der Waals surface area contributed by atoms with Gasteiger partial charge in [-0.15, -0.1) is 11.3 Å². The van der Waals surface area contributed by atoms with Crippen LogP contribution in [0.1, 0.15) is 6.92 Å². The van der Waals surface area contributed by atoms with E-state index in [9.17, 15) is 25.2 Å². The summed E-state index contributed by atoms with van der Waals surface area (Å²) in [5, 5.41) is 40.1. The summed E-state index contributed by atoms with van der Waals surface area (Å²) in [6.07, 6.45) is -6.04. The highest BCUT2D eigenvalue weighted by atomic mass is 35.5. The van der Waals surface area contributed by atoms with Gasteiger partial charge in [0.15, 0.2) is 17.8 Å². The van der Waals surface area contributed by atoms with E-state index in [2.05, 4.69) is 4.98 Å². The molecule has 2 aromatic heterocycles. The molecule has 3 heterocycles. The zero-order chi connectivity index (χ0) is 29.3. The standard InChI is InChI=1S/C28H29ClN2O9S/c1-14(39-28-25(35)24(34)23(33)21(11-32)40-28)12-38-19-8-7-17(9-20(19)37-2)31-13-30-18-10-22(41-26(18)27(31)36)15-3-5-16(29)6-4-15/h3-10,13-14,21,23-25,28,32-35H,11-12H2,1-2H3/t14?,21-,23-,24+,25?,28+/m1/s1. The lowest BCUT2D eigenvalue weighted by Gasteiger charge is -2.40. The van der Waals surface area contributed by atoms with Gasteiger partial charge in [-0.25, -0.2) is 4.98 Å². The monoisotopic (exact) mass is 604 g/mol. The molecule has 4 N–H and O–H groups in total. The largest absolute Gasteiger partial charge is 0.493 e. The molecule has 0 spiro atoms. The van der Waals surface area contributed by atoms with Crippen LogP contribution < -0.4 is 15.0 Å². The van der Waals surface area contributed by atoms with E-state index in [1.807, 2.05) is 18.2 Å². The Hall–Kier alpha value is -3.07. The molecule has 0 radical (unpaired) electrons. The minimum Gasteiger partial charge on any atom is -0.493 e. The second-order valence-electron chi connectivity index (χ2n) is 9.54. The van der Waals surface area contributed by atoms with Gasteiger partial charge in [-0.1, -0.05) is 23.7 Å². The van der Waals surface area contributed by atoms with Crippen LogP contribution in [0.15, 0.2) is 59.7 Å². The Bertz CT molecular complexity index is 1560. The zero-order valence-corrected chi connectivity index (χ0v) is 23.7. The molecule has 2 aromatic carbocycles. The first-order chi connectivity index (χ1) is 19.7. The normalized spacial score (nSPS) is 23.4. The van der Waals surface area contributed by atoms with Crippen LogP contribution in [-0.2, 0) is 9.47 Å². The summed E-state index contributed by atoms with van der Waals surface area (Å²) < 4.78 is 24.3. The molecule has 11 nitrogen and oxygen atoms in total. The van der Waals surface area contributed by atoms with E-state index in [-0.39, 0.29) is 12.2 Å². The maximum atomic E-state index is 13.4. The van der Waals surface area contributed by atoms with Crippen LogP contribution in [0.2, 0.25) is 5.02 Å². The quantitative estimate of drug-likeness (QED) is 0.224. The number of hydrogen-bond acceptors (Lipinski definition) is 11. The predicted molar refractivity (Wildman–Crippen MR) is 152 cm³/mol. The van der Waals surface area contributed by atoms with Crippen molar-refractivity contribution in [1.82, 2.24) is 9.55 Å². The number of thiophene rings is 1. The number of ether oxygens (including phenoxy) is 4. The number of aromatic nitrogens is 2. The van der Waals surface area contributed by atoms with Gasteiger partial charge in [0.25, 0.3) is 5.56 Å². The number of nitrogens with zero attached hydrogens (tertiary/aromatic N) is 2. The molecular formula is C28H29ClN2O9S. The Labute approximate surface area is 243 Å². The van der Waals surface area contributed by atoms with Crippen molar-refractivity contribution < 1.29 is 39.4 Å². The summed E-state index contributed by atoms with van der Waals surface area (Å²) in [4.78, 5) is 18.8. The molecule has 1 fully saturated rings. The van der Waals surface area contributed by atoms with E-state index in [1.54, 1.807) is 37.3 Å². The highest BCUT2D eigenvalue weighted by Crippen LogP contribution is 2.33. The summed E-state index contributed by atoms with van der Waals surface area (Å²) >= 11 is 7.35. The number of benzene rings is 2. The fourth-order valence-corrected chi connectivity index (χ4v) is 5.61. The molecule has 1 aliphatic rings. The summed E-state index contributed by atoms with van der Waals surface area (Å²) in [6, 6.07) is 14.3. The number of aliphatic hydroxyl groups is 4. The molecule has 6 atom stereocenters. The molecule has 218 valence electrons. The molecule has 1 saturated heterocycles. The van der Waals surface area contributed by atoms with Gasteiger partial charge in [-0.3, -0.25) is 9.36 Å². The molecule has 5 rings (SSSR count). The average molecular weight is 605 g/mol. The predicted octanol–water partition coefficient (Wildman–Crippen LogP) is 2.36. The fraction of sp³-hybridized carbons (Fsp3) is 0.357. The van der Waals surface area contributed by atoms with E-state index < -0.39 is 43.4 Å². The molecule has 4 aromatic rings. The van der Waals surface area contributed by atoms with Crippen molar-refractivity contribution in [2.24, 2.45) is 0 Å². The highest BCUT2D eigenvalue weighted by molar-refractivity contribution is 7.22. The van der Waals surface area contributed by atoms with Crippen molar-refractivity contribution >= 4 is 33.2 Å². The van der Waals surface area contributed by atoms with E-state index >= 15 is 0 Å². The number of methoxy groups -OCH3 is 1. The van der Waals surface area contributed by atoms with Gasteiger partial charge >= 0.3 is 0 Å². The van der Waals surface area contributed by atoms with Gasteiger partial charge in [0.2, 0.25) is 0 Å². The number of rotatable bonds is 9. The van der Waals surface area contributed by atoms with Gasteiger partial charge in [0, 0.05) is 16.0 Å². The third-order valence-corrected chi connectivity index (χ3v) is 8.09. The minimum atomic E-state index is -1.54. The van der Waals surface area contributed by atoms with Crippen molar-refractivity contribution in [3.63, 3.8) is 0 Å². The van der Waals surface area contributed by atoms with Gasteiger partial charge < -0.3 is 39.4 Å². The third kappa shape index (κ3) is 6.10. The summed E-state index contributed by atoms with van der Waals surface area (Å²) in [6.45, 7) is 1.13. The molecule has 0 saturated carbocycles. The Morgan fingerprint density at radius 1 is 1.07 bits per heavy atom. The molecule has 0 bridgehead atoms. The van der Waals surface area contributed by atoms with Crippen LogP contribution >= 0.6 is 22.9 Å². The van der Waals surface area contributed by atoms with Crippen LogP contribution in [0, 0.1) is 0 Å². The van der Waals surface area contributed by atoms with E-state index in [1.165, 1.54) is 29.3 Å². The van der Waals surface area contributed by atoms with E-state index in [0.717, 1.165) is 10.4 Å². The van der Waals surface area contributed by atoms with Crippen molar-refractivity contribution in [1.29, 1.82) is 0 Å². The molecule has 0 aliphatic carbocycles. The van der Waals surface area contributed by atoms with Crippen molar-refractivity contribution in [3.8, 4) is 27.6 Å². The van der Waals surface area contributed by atoms with Gasteiger partial charge in [-0.2, -0.15) is 0 Å². The smallest absolute Gasteiger partial charge is 0.275 e. The first-order valence-electron chi connectivity index (χ1n) is 12.7. The third-order valence-electron chi connectivity index (χ3n) is 6.68. The summed E-state index contributed by atoms with van der Waals surface area (Å²) in [5.41, 5.74) is 1.84. The Morgan fingerprint density at radius 3 is 2.54 bits per heavy atom. The van der Waals surface area contributed by atoms with Crippen LogP contribution in [0.3, 0.4) is 0 Å². The lowest BCUT2D eigenvalue weighted by Crippen LogP contribution is -2.59. The summed E-state index contributed by atoms with van der Waals surface area (Å²) in [7, 11) is 1.47. The van der Waals surface area contributed by atoms with Gasteiger partial charge in [0.1, 0.15) is 42.0 Å². The van der Waals surface area contributed by atoms with Crippen molar-refractivity contribution in [2.45, 2.75) is 43.7 Å². The highest BCUT2D eigenvalue weighted by Gasteiger charge is 2.44. The second kappa shape index (κ2) is 12.4. The minimum absolute atomic E-state index is 0.0147. The lowest BCUT2D eigenvalue weighted by molar-refractivity contribution is -0.311. The maximum absolute atomic E-state index is 13.4. The topological polar surface area (TPSA) is 153 Å². The SMILES string of the molecule is COc1cc(-n2cnc3cc(-c4ccc(Cl)cc4)sc3c2=O)ccc1OCC(C)O[C@H]1O[C@H](CO)[C@@H](O)[C@H](O)C1O. The number of aliphatic hydroxyl groups excluding tert-OH is 4. The lowest BCUT2D eigenvalue weighted by atomic mass is 9.99. The van der Waals surface area contributed by atoms with Gasteiger partial charge in [-0.05, 0) is 42.8 Å². The first-order valence-corrected chi connectivity index (χ1v) is 13.9. The molecule has 13 heteroatoms. The summed E-state index contributed by atoms with van der Waals surface area (Å²) in [5.74, 6) is 0.742. The Kier molecular flexibility index (Phi) is 8.92. The Balaban J connectivity index is 1.30. The fourth-order valence-electron chi connectivity index (χ4n) is 4.43. The molecular weight excluding hydrogens is 576 g/mol. The van der Waals surface area contributed by atoms with Crippen LogP contribution in [0.4, 0.5) is 0 Å². The zero-order valence-electron chi connectivity index (χ0n) is 22.1. The molecule has 1 aliphatic heterocycles. The molecule has 2 unspecified atom stereocenters.